The molecule has 0 aromatic carbocycles. The second-order valence-corrected chi connectivity index (χ2v) is 6.44. The van der Waals surface area contributed by atoms with Gasteiger partial charge in [0.2, 0.25) is 0 Å². The van der Waals surface area contributed by atoms with E-state index in [1.165, 1.54) is 7.05 Å². The van der Waals surface area contributed by atoms with Gasteiger partial charge in [-0.05, 0) is 0 Å². The second-order valence-electron chi connectivity index (χ2n) is 3.60. The molecule has 0 bridgehead atoms. The van der Waals surface area contributed by atoms with Crippen molar-refractivity contribution in [3.8, 4) is 0 Å². The summed E-state index contributed by atoms with van der Waals surface area (Å²) in [4.78, 5) is 11.8. The normalized spacial score (nSPS) is 16.4. The number of rotatable bonds is 3. The summed E-state index contributed by atoms with van der Waals surface area (Å²) in [7, 11) is 2.38. The average Bonchev–Trinajstić information content (AvgIpc) is 2.46. The molecule has 0 spiro atoms. The average molecular weight is 315 g/mol. The Labute approximate surface area is 112 Å². The van der Waals surface area contributed by atoms with Gasteiger partial charge >= 0.3 is 5.97 Å². The van der Waals surface area contributed by atoms with E-state index < -0.39 is 26.2 Å². The van der Waals surface area contributed by atoms with Crippen molar-refractivity contribution < 1.29 is 22.7 Å². The van der Waals surface area contributed by atoms with Crippen LogP contribution in [0.15, 0.2) is 5.03 Å². The molecule has 1 aromatic heterocycles. The van der Waals surface area contributed by atoms with Crippen LogP contribution in [0.5, 0.6) is 0 Å². The summed E-state index contributed by atoms with van der Waals surface area (Å²) in [6.45, 7) is 0.541. The van der Waals surface area contributed by atoms with E-state index in [2.05, 4.69) is 5.10 Å². The molecular weight excluding hydrogens is 307 g/mol. The Balaban J connectivity index is 2.39. The largest absolute Gasteiger partial charge is 0.454 e. The number of hydrogen-bond acceptors (Lipinski definition) is 6. The number of halogens is 2. The van der Waals surface area contributed by atoms with Gasteiger partial charge in [0.25, 0.3) is 9.05 Å². The fourth-order valence-electron chi connectivity index (χ4n) is 1.42. The molecule has 0 saturated carbocycles. The molecule has 0 N–H and O–H groups in total. The van der Waals surface area contributed by atoms with E-state index >= 15 is 0 Å². The summed E-state index contributed by atoms with van der Waals surface area (Å²) < 4.78 is 33.5. The van der Waals surface area contributed by atoms with Crippen molar-refractivity contribution in [3.63, 3.8) is 0 Å². The van der Waals surface area contributed by atoms with E-state index in [4.69, 9.17) is 31.8 Å². The van der Waals surface area contributed by atoms with Crippen LogP contribution in [0.3, 0.4) is 0 Å². The zero-order valence-corrected chi connectivity index (χ0v) is 11.4. The van der Waals surface area contributed by atoms with Crippen LogP contribution in [-0.2, 0) is 25.6 Å². The van der Waals surface area contributed by atoms with Gasteiger partial charge in [0.1, 0.15) is 11.7 Å². The van der Waals surface area contributed by atoms with Crippen molar-refractivity contribution in [1.82, 2.24) is 9.78 Å². The van der Waals surface area contributed by atoms with Gasteiger partial charge in [0.15, 0.2) is 10.2 Å². The zero-order valence-electron chi connectivity index (χ0n) is 9.09. The highest BCUT2D eigenvalue weighted by atomic mass is 35.7. The molecule has 0 aliphatic carbocycles. The van der Waals surface area contributed by atoms with Gasteiger partial charge in [-0.15, -0.1) is 0 Å². The molecule has 7 nitrogen and oxygen atoms in total. The van der Waals surface area contributed by atoms with Crippen molar-refractivity contribution >= 4 is 37.3 Å². The van der Waals surface area contributed by atoms with Crippen LogP contribution < -0.4 is 0 Å². The molecule has 0 unspecified atom stereocenters. The van der Waals surface area contributed by atoms with Gasteiger partial charge in [-0.1, -0.05) is 11.6 Å². The van der Waals surface area contributed by atoms with Gasteiger partial charge in [0, 0.05) is 17.7 Å². The highest BCUT2D eigenvalue weighted by Gasteiger charge is 2.33. The van der Waals surface area contributed by atoms with Crippen molar-refractivity contribution in [2.24, 2.45) is 7.05 Å². The minimum Gasteiger partial charge on any atom is -0.454 e. The number of ether oxygens (including phenoxy) is 2. The fraction of sp³-hybridized carbons (Fsp3) is 0.500. The predicted molar refractivity (Wildman–Crippen MR) is 61.3 cm³/mol. The maximum Gasteiger partial charge on any atom is 0.344 e. The summed E-state index contributed by atoms with van der Waals surface area (Å²) in [5.41, 5.74) is -0.360. The van der Waals surface area contributed by atoms with E-state index in [0.29, 0.717) is 0 Å². The van der Waals surface area contributed by atoms with Gasteiger partial charge in [-0.3, -0.25) is 4.68 Å². The fourth-order valence-corrected chi connectivity index (χ4v) is 3.07. The van der Waals surface area contributed by atoms with Crippen LogP contribution in [-0.4, -0.2) is 43.5 Å². The minimum atomic E-state index is -4.16. The Hall–Kier alpha value is -0.830. The number of esters is 1. The minimum absolute atomic E-state index is 0.270. The summed E-state index contributed by atoms with van der Waals surface area (Å²) in [5.74, 6) is -0.888. The molecule has 18 heavy (non-hydrogen) atoms. The smallest absolute Gasteiger partial charge is 0.344 e. The van der Waals surface area contributed by atoms with Gasteiger partial charge < -0.3 is 9.47 Å². The zero-order chi connectivity index (χ0) is 13.5. The molecular formula is C8H8Cl2N2O5S. The van der Waals surface area contributed by atoms with Crippen molar-refractivity contribution in [2.75, 3.05) is 13.2 Å². The predicted octanol–water partition coefficient (Wildman–Crippen LogP) is 0.557. The molecule has 0 atom stereocenters. The first-order chi connectivity index (χ1) is 8.30. The first-order valence-corrected chi connectivity index (χ1v) is 7.45. The lowest BCUT2D eigenvalue weighted by atomic mass is 10.3. The number of carbonyl (C=O) groups is 1. The Morgan fingerprint density at radius 2 is 2.17 bits per heavy atom. The Morgan fingerprint density at radius 1 is 1.56 bits per heavy atom. The first kappa shape index (κ1) is 13.6. The number of hydrogen-bond donors (Lipinski definition) is 0. The number of nitrogens with zero attached hydrogens (tertiary/aromatic N) is 2. The lowest BCUT2D eigenvalue weighted by Crippen LogP contribution is -2.38. The quantitative estimate of drug-likeness (QED) is 0.598. The topological polar surface area (TPSA) is 87.5 Å². The molecule has 1 aliphatic rings. The van der Waals surface area contributed by atoms with Crippen LogP contribution in [0.4, 0.5) is 0 Å². The summed E-state index contributed by atoms with van der Waals surface area (Å²) in [5, 5.41) is 2.87. The maximum atomic E-state index is 11.8. The van der Waals surface area contributed by atoms with Crippen molar-refractivity contribution in [3.05, 3.63) is 10.7 Å². The standard InChI is InChI=1S/C8H8Cl2N2O5S/c1-12-7(18(10,14)15)5(6(9)11-12)8(13)17-4-2-16-3-4/h4H,2-3H2,1H3. The lowest BCUT2D eigenvalue weighted by Gasteiger charge is -2.25. The highest BCUT2D eigenvalue weighted by Crippen LogP contribution is 2.27. The van der Waals surface area contributed by atoms with Crippen LogP contribution in [0.1, 0.15) is 10.4 Å². The number of carbonyl (C=O) groups excluding carboxylic acids is 1. The molecule has 1 fully saturated rings. The molecule has 100 valence electrons. The van der Waals surface area contributed by atoms with E-state index in [9.17, 15) is 13.2 Å². The number of aryl methyl sites for hydroxylation is 1. The molecule has 1 aromatic rings. The maximum absolute atomic E-state index is 11.8. The molecule has 2 rings (SSSR count). The molecule has 1 aliphatic heterocycles. The van der Waals surface area contributed by atoms with Crippen LogP contribution in [0.2, 0.25) is 5.15 Å². The Morgan fingerprint density at radius 3 is 2.61 bits per heavy atom. The summed E-state index contributed by atoms with van der Waals surface area (Å²) in [6, 6.07) is 0. The molecule has 10 heteroatoms. The van der Waals surface area contributed by atoms with Gasteiger partial charge in [-0.2, -0.15) is 5.10 Å². The third-order valence-electron chi connectivity index (χ3n) is 2.27. The Kier molecular flexibility index (Phi) is 3.54. The third kappa shape index (κ3) is 2.46. The van der Waals surface area contributed by atoms with E-state index in [-0.39, 0.29) is 23.9 Å². The monoisotopic (exact) mass is 314 g/mol. The first-order valence-electron chi connectivity index (χ1n) is 4.76. The van der Waals surface area contributed by atoms with E-state index in [1.807, 2.05) is 0 Å². The van der Waals surface area contributed by atoms with E-state index in [0.717, 1.165) is 4.68 Å². The Bertz CT molecular complexity index is 593. The van der Waals surface area contributed by atoms with Gasteiger partial charge in [-0.25, -0.2) is 13.2 Å². The summed E-state index contributed by atoms with van der Waals surface area (Å²) >= 11 is 5.71. The van der Waals surface area contributed by atoms with Crippen molar-refractivity contribution in [1.29, 1.82) is 0 Å². The van der Waals surface area contributed by atoms with Gasteiger partial charge in [0.05, 0.1) is 13.2 Å². The highest BCUT2D eigenvalue weighted by molar-refractivity contribution is 8.13. The van der Waals surface area contributed by atoms with Crippen LogP contribution in [0, 0.1) is 0 Å². The van der Waals surface area contributed by atoms with Crippen molar-refractivity contribution in [2.45, 2.75) is 11.1 Å². The second kappa shape index (κ2) is 4.69. The summed E-state index contributed by atoms with van der Waals surface area (Å²) in [6.07, 6.45) is -0.403. The lowest BCUT2D eigenvalue weighted by molar-refractivity contribution is -0.103. The molecule has 1 saturated heterocycles. The molecule has 2 heterocycles. The van der Waals surface area contributed by atoms with Crippen LogP contribution in [0.25, 0.3) is 0 Å². The molecule has 0 amide bonds. The van der Waals surface area contributed by atoms with Crippen LogP contribution >= 0.6 is 22.3 Å². The number of aromatic nitrogens is 2. The van der Waals surface area contributed by atoms with E-state index in [1.54, 1.807) is 0 Å². The SMILES string of the molecule is Cn1nc(Cl)c(C(=O)OC2COC2)c1S(=O)(=O)Cl. The third-order valence-corrected chi connectivity index (χ3v) is 3.90. The molecule has 0 radical (unpaired) electrons.